The third-order valence-corrected chi connectivity index (χ3v) is 3.50. The lowest BCUT2D eigenvalue weighted by Gasteiger charge is -2.38. The van der Waals surface area contributed by atoms with Gasteiger partial charge in [0.25, 0.3) is 0 Å². The molecule has 0 amide bonds. The first-order valence-corrected chi connectivity index (χ1v) is 6.63. The summed E-state index contributed by atoms with van der Waals surface area (Å²) in [4.78, 5) is 10.7. The number of ether oxygens (including phenoxy) is 1. The Hall–Kier alpha value is -1.52. The minimum atomic E-state index is 0.466. The highest BCUT2D eigenvalue weighted by Crippen LogP contribution is 2.33. The van der Waals surface area contributed by atoms with E-state index in [0.717, 1.165) is 12.4 Å². The minimum Gasteiger partial charge on any atom is -0.476 e. The Labute approximate surface area is 108 Å². The largest absolute Gasteiger partial charge is 0.476 e. The van der Waals surface area contributed by atoms with Gasteiger partial charge in [-0.15, -0.1) is 0 Å². The lowest BCUT2D eigenvalue weighted by atomic mass is 9.95. The first kappa shape index (κ1) is 12.9. The molecule has 2 N–H and O–H groups in total. The van der Waals surface area contributed by atoms with Gasteiger partial charge in [0.2, 0.25) is 5.88 Å². The van der Waals surface area contributed by atoms with E-state index in [2.05, 4.69) is 28.7 Å². The summed E-state index contributed by atoms with van der Waals surface area (Å²) in [5.74, 6) is 1.98. The molecular formula is C13H22N4O. The number of nitrogen functional groups attached to an aromatic ring is 1. The van der Waals surface area contributed by atoms with Crippen LogP contribution in [0.15, 0.2) is 6.33 Å². The van der Waals surface area contributed by atoms with Crippen LogP contribution in [0.5, 0.6) is 5.88 Å². The van der Waals surface area contributed by atoms with Crippen LogP contribution >= 0.6 is 0 Å². The Balaban J connectivity index is 2.28. The van der Waals surface area contributed by atoms with Crippen LogP contribution in [-0.4, -0.2) is 29.2 Å². The van der Waals surface area contributed by atoms with Gasteiger partial charge in [-0.3, -0.25) is 0 Å². The highest BCUT2D eigenvalue weighted by molar-refractivity contribution is 5.68. The number of aromatic nitrogens is 2. The highest BCUT2D eigenvalue weighted by Gasteiger charge is 2.26. The van der Waals surface area contributed by atoms with E-state index in [9.17, 15) is 0 Å². The summed E-state index contributed by atoms with van der Waals surface area (Å²) < 4.78 is 5.43. The molecule has 0 aliphatic carbocycles. The average Bonchev–Trinajstić information content (AvgIpc) is 2.35. The molecule has 0 saturated carbocycles. The van der Waals surface area contributed by atoms with Crippen molar-refractivity contribution < 1.29 is 4.74 Å². The molecule has 1 aromatic heterocycles. The Bertz CT molecular complexity index is 410. The molecule has 5 nitrogen and oxygen atoms in total. The van der Waals surface area contributed by atoms with Gasteiger partial charge in [0.1, 0.15) is 12.0 Å². The lowest BCUT2D eigenvalue weighted by Crippen LogP contribution is -2.42. The zero-order valence-corrected chi connectivity index (χ0v) is 11.4. The fraction of sp³-hybridized carbons (Fsp3) is 0.692. The Morgan fingerprint density at radius 1 is 1.39 bits per heavy atom. The molecule has 1 aromatic rings. The van der Waals surface area contributed by atoms with Gasteiger partial charge in [0.05, 0.1) is 6.61 Å². The first-order valence-electron chi connectivity index (χ1n) is 6.63. The Morgan fingerprint density at radius 3 is 2.89 bits per heavy atom. The van der Waals surface area contributed by atoms with E-state index >= 15 is 0 Å². The van der Waals surface area contributed by atoms with Crippen LogP contribution in [-0.2, 0) is 0 Å². The SMILES string of the molecule is CCOc1ncnc(N2CC(C)CCC2C)c1N. The van der Waals surface area contributed by atoms with Crippen LogP contribution in [0.4, 0.5) is 11.5 Å². The second-order valence-electron chi connectivity index (χ2n) is 5.03. The monoisotopic (exact) mass is 250 g/mol. The molecule has 0 aromatic carbocycles. The van der Waals surface area contributed by atoms with Crippen molar-refractivity contribution in [3.05, 3.63) is 6.33 Å². The van der Waals surface area contributed by atoms with E-state index in [4.69, 9.17) is 10.5 Å². The van der Waals surface area contributed by atoms with Crippen molar-refractivity contribution in [2.45, 2.75) is 39.7 Å². The van der Waals surface area contributed by atoms with Crippen molar-refractivity contribution in [2.24, 2.45) is 5.92 Å². The fourth-order valence-electron chi connectivity index (χ4n) is 2.44. The topological polar surface area (TPSA) is 64.3 Å². The number of piperidine rings is 1. The van der Waals surface area contributed by atoms with Gasteiger partial charge in [-0.1, -0.05) is 6.92 Å². The fourth-order valence-corrected chi connectivity index (χ4v) is 2.44. The summed E-state index contributed by atoms with van der Waals surface area (Å²) in [6.07, 6.45) is 3.97. The van der Waals surface area contributed by atoms with E-state index in [-0.39, 0.29) is 0 Å². The molecule has 2 atom stereocenters. The molecule has 0 radical (unpaired) electrons. The van der Waals surface area contributed by atoms with E-state index in [0.29, 0.717) is 30.1 Å². The molecule has 1 aliphatic heterocycles. The van der Waals surface area contributed by atoms with Crippen molar-refractivity contribution >= 4 is 11.5 Å². The van der Waals surface area contributed by atoms with Crippen LogP contribution in [0.1, 0.15) is 33.6 Å². The molecule has 5 heteroatoms. The van der Waals surface area contributed by atoms with Crippen LogP contribution < -0.4 is 15.4 Å². The van der Waals surface area contributed by atoms with E-state index in [1.807, 2.05) is 6.92 Å². The molecule has 2 unspecified atom stereocenters. The molecular weight excluding hydrogens is 228 g/mol. The van der Waals surface area contributed by atoms with E-state index < -0.39 is 0 Å². The van der Waals surface area contributed by atoms with Crippen molar-refractivity contribution in [2.75, 3.05) is 23.8 Å². The normalized spacial score (nSPS) is 24.1. The summed E-state index contributed by atoms with van der Waals surface area (Å²) in [7, 11) is 0. The summed E-state index contributed by atoms with van der Waals surface area (Å²) in [5.41, 5.74) is 6.67. The molecule has 1 aliphatic rings. The standard InChI is InChI=1S/C13H22N4O/c1-4-18-13-11(14)12(15-8-16-13)17-7-9(2)5-6-10(17)3/h8-10H,4-7,14H2,1-3H3. The number of rotatable bonds is 3. The third kappa shape index (κ3) is 2.49. The van der Waals surface area contributed by atoms with Gasteiger partial charge >= 0.3 is 0 Å². The van der Waals surface area contributed by atoms with E-state index in [1.165, 1.54) is 19.2 Å². The predicted molar refractivity (Wildman–Crippen MR) is 72.8 cm³/mol. The smallest absolute Gasteiger partial charge is 0.242 e. The van der Waals surface area contributed by atoms with Gasteiger partial charge < -0.3 is 15.4 Å². The van der Waals surface area contributed by atoms with Crippen LogP contribution in [0, 0.1) is 5.92 Å². The lowest BCUT2D eigenvalue weighted by molar-refractivity contribution is 0.327. The maximum atomic E-state index is 6.12. The van der Waals surface area contributed by atoms with Gasteiger partial charge in [-0.05, 0) is 32.6 Å². The molecule has 100 valence electrons. The number of nitrogens with two attached hydrogens (primary N) is 1. The molecule has 1 saturated heterocycles. The van der Waals surface area contributed by atoms with Crippen LogP contribution in [0.25, 0.3) is 0 Å². The number of hydrogen-bond donors (Lipinski definition) is 1. The minimum absolute atomic E-state index is 0.466. The van der Waals surface area contributed by atoms with Crippen molar-refractivity contribution in [3.8, 4) is 5.88 Å². The van der Waals surface area contributed by atoms with Gasteiger partial charge in [-0.2, -0.15) is 4.98 Å². The third-order valence-electron chi connectivity index (χ3n) is 3.50. The molecule has 0 bridgehead atoms. The van der Waals surface area contributed by atoms with Gasteiger partial charge in [-0.25, -0.2) is 4.98 Å². The molecule has 0 spiro atoms. The van der Waals surface area contributed by atoms with Crippen LogP contribution in [0.2, 0.25) is 0 Å². The summed E-state index contributed by atoms with van der Waals surface area (Å²) in [6, 6.07) is 0.466. The van der Waals surface area contributed by atoms with Crippen LogP contribution in [0.3, 0.4) is 0 Å². The highest BCUT2D eigenvalue weighted by atomic mass is 16.5. The molecule has 2 rings (SSSR count). The Morgan fingerprint density at radius 2 is 2.17 bits per heavy atom. The number of hydrogen-bond acceptors (Lipinski definition) is 5. The number of anilines is 2. The average molecular weight is 250 g/mol. The zero-order valence-electron chi connectivity index (χ0n) is 11.4. The summed E-state index contributed by atoms with van der Waals surface area (Å²) in [6.45, 7) is 7.96. The molecule has 1 fully saturated rings. The first-order chi connectivity index (χ1) is 8.63. The van der Waals surface area contributed by atoms with Crippen molar-refractivity contribution in [1.29, 1.82) is 0 Å². The quantitative estimate of drug-likeness (QED) is 0.889. The number of nitrogens with zero attached hydrogens (tertiary/aromatic N) is 3. The van der Waals surface area contributed by atoms with Gasteiger partial charge in [0, 0.05) is 12.6 Å². The Kier molecular flexibility index (Phi) is 3.89. The van der Waals surface area contributed by atoms with Gasteiger partial charge in [0.15, 0.2) is 5.82 Å². The van der Waals surface area contributed by atoms with E-state index in [1.54, 1.807) is 0 Å². The predicted octanol–water partition coefficient (Wildman–Crippen LogP) is 2.08. The zero-order chi connectivity index (χ0) is 13.1. The molecule has 18 heavy (non-hydrogen) atoms. The molecule has 2 heterocycles. The second kappa shape index (κ2) is 5.42. The maximum Gasteiger partial charge on any atom is 0.242 e. The van der Waals surface area contributed by atoms with Crippen molar-refractivity contribution in [1.82, 2.24) is 9.97 Å². The second-order valence-corrected chi connectivity index (χ2v) is 5.03. The van der Waals surface area contributed by atoms with Crippen molar-refractivity contribution in [3.63, 3.8) is 0 Å². The maximum absolute atomic E-state index is 6.12. The summed E-state index contributed by atoms with van der Waals surface area (Å²) >= 11 is 0. The summed E-state index contributed by atoms with van der Waals surface area (Å²) in [5, 5.41) is 0.